The number of terminal acetylenes is 1. The minimum atomic E-state index is 0.588. The Bertz CT molecular complexity index is 532. The molecule has 4 heteroatoms. The average molecular weight is 269 g/mol. The average Bonchev–Trinajstić information content (AvgIpc) is 2.46. The highest BCUT2D eigenvalue weighted by Gasteiger charge is 2.43. The molecular weight excluding hydrogens is 250 g/mol. The molecule has 0 spiro atoms. The molecule has 5 heterocycles. The van der Waals surface area contributed by atoms with Crippen molar-refractivity contribution in [2.45, 2.75) is 31.0 Å². The fraction of sp³-hybridized carbons (Fsp3) is 0.562. The standard InChI is InChI=1S/C16H19N3O/c1-2-12-3-6-16(17-7-12)19-9-13-4-5-14(19)8-18(13)15-10-20-11-15/h1,3,6-7,13-15H,4-5,8-11H2. The van der Waals surface area contributed by atoms with Crippen molar-refractivity contribution in [2.75, 3.05) is 31.2 Å². The van der Waals surface area contributed by atoms with Crippen molar-refractivity contribution in [1.29, 1.82) is 0 Å². The van der Waals surface area contributed by atoms with E-state index >= 15 is 0 Å². The van der Waals surface area contributed by atoms with Gasteiger partial charge in [0.05, 0.1) is 19.3 Å². The van der Waals surface area contributed by atoms with Crippen LogP contribution >= 0.6 is 0 Å². The van der Waals surface area contributed by atoms with Gasteiger partial charge in [0.1, 0.15) is 5.82 Å². The number of nitrogens with zero attached hydrogens (tertiary/aromatic N) is 3. The number of hydrogen-bond donors (Lipinski definition) is 0. The van der Waals surface area contributed by atoms with Crippen LogP contribution in [0.25, 0.3) is 0 Å². The quantitative estimate of drug-likeness (QED) is 0.752. The number of aromatic nitrogens is 1. The fourth-order valence-corrected chi connectivity index (χ4v) is 3.64. The topological polar surface area (TPSA) is 28.6 Å². The van der Waals surface area contributed by atoms with Gasteiger partial charge in [-0.25, -0.2) is 4.98 Å². The van der Waals surface area contributed by atoms with Crippen LogP contribution in [0.2, 0.25) is 0 Å². The summed E-state index contributed by atoms with van der Waals surface area (Å²) in [6, 6.07) is 5.95. The lowest BCUT2D eigenvalue weighted by atomic mass is 9.89. The molecule has 4 nitrogen and oxygen atoms in total. The van der Waals surface area contributed by atoms with Gasteiger partial charge in [-0.3, -0.25) is 4.90 Å². The van der Waals surface area contributed by atoms with Gasteiger partial charge in [-0.2, -0.15) is 0 Å². The number of fused-ring (bicyclic) bond motifs is 3. The zero-order valence-corrected chi connectivity index (χ0v) is 11.5. The van der Waals surface area contributed by atoms with Crippen LogP contribution in [-0.2, 0) is 4.74 Å². The van der Waals surface area contributed by atoms with Crippen molar-refractivity contribution >= 4 is 5.82 Å². The van der Waals surface area contributed by atoms with Gasteiger partial charge in [-0.15, -0.1) is 6.42 Å². The molecule has 0 amide bonds. The van der Waals surface area contributed by atoms with E-state index in [0.717, 1.165) is 37.7 Å². The molecule has 0 radical (unpaired) electrons. The molecule has 0 aromatic carbocycles. The smallest absolute Gasteiger partial charge is 0.128 e. The first-order chi connectivity index (χ1) is 9.85. The molecule has 5 rings (SSSR count). The van der Waals surface area contributed by atoms with E-state index < -0.39 is 0 Å². The van der Waals surface area contributed by atoms with Crippen LogP contribution in [0.3, 0.4) is 0 Å². The number of pyridine rings is 1. The largest absolute Gasteiger partial charge is 0.378 e. The number of anilines is 1. The highest BCUT2D eigenvalue weighted by atomic mass is 16.5. The fourth-order valence-electron chi connectivity index (χ4n) is 3.64. The number of rotatable bonds is 2. The molecule has 2 atom stereocenters. The van der Waals surface area contributed by atoms with E-state index in [1.54, 1.807) is 6.20 Å². The summed E-state index contributed by atoms with van der Waals surface area (Å²) in [5.41, 5.74) is 0.851. The molecular formula is C16H19N3O. The van der Waals surface area contributed by atoms with Gasteiger partial charge < -0.3 is 9.64 Å². The second-order valence-corrected chi connectivity index (χ2v) is 5.97. The van der Waals surface area contributed by atoms with Gasteiger partial charge in [0.2, 0.25) is 0 Å². The minimum absolute atomic E-state index is 0.588. The van der Waals surface area contributed by atoms with Gasteiger partial charge in [0.25, 0.3) is 0 Å². The predicted octanol–water partition coefficient (Wildman–Crippen LogP) is 1.11. The maximum absolute atomic E-state index is 5.39. The summed E-state index contributed by atoms with van der Waals surface area (Å²) in [6.45, 7) is 4.07. The predicted molar refractivity (Wildman–Crippen MR) is 77.6 cm³/mol. The Hall–Kier alpha value is -1.57. The van der Waals surface area contributed by atoms with Gasteiger partial charge in [0.15, 0.2) is 0 Å². The van der Waals surface area contributed by atoms with Crippen molar-refractivity contribution in [3.8, 4) is 12.3 Å². The van der Waals surface area contributed by atoms with Crippen LogP contribution < -0.4 is 4.90 Å². The molecule has 0 N–H and O–H groups in total. The van der Waals surface area contributed by atoms with Crippen LogP contribution in [0.5, 0.6) is 0 Å². The third-order valence-corrected chi connectivity index (χ3v) is 4.87. The normalized spacial score (nSPS) is 30.1. The Balaban J connectivity index is 1.52. The molecule has 4 aliphatic heterocycles. The Morgan fingerprint density at radius 1 is 1.15 bits per heavy atom. The number of piperazine rings is 1. The minimum Gasteiger partial charge on any atom is -0.378 e. The Morgan fingerprint density at radius 2 is 2.00 bits per heavy atom. The van der Waals surface area contributed by atoms with Crippen molar-refractivity contribution in [3.63, 3.8) is 0 Å². The lowest BCUT2D eigenvalue weighted by molar-refractivity contribution is -0.0966. The van der Waals surface area contributed by atoms with Crippen LogP contribution in [0.4, 0.5) is 5.82 Å². The van der Waals surface area contributed by atoms with E-state index in [4.69, 9.17) is 11.2 Å². The second kappa shape index (κ2) is 4.76. The molecule has 0 aliphatic carbocycles. The van der Waals surface area contributed by atoms with Crippen LogP contribution in [0.1, 0.15) is 18.4 Å². The Morgan fingerprint density at radius 3 is 2.55 bits per heavy atom. The summed E-state index contributed by atoms with van der Waals surface area (Å²) in [5, 5.41) is 0. The zero-order chi connectivity index (χ0) is 13.5. The first-order valence-corrected chi connectivity index (χ1v) is 7.38. The maximum atomic E-state index is 5.39. The molecule has 4 aliphatic rings. The van der Waals surface area contributed by atoms with E-state index in [9.17, 15) is 0 Å². The molecule has 4 saturated heterocycles. The summed E-state index contributed by atoms with van der Waals surface area (Å²) in [7, 11) is 0. The van der Waals surface area contributed by atoms with Crippen molar-refractivity contribution in [2.24, 2.45) is 0 Å². The van der Waals surface area contributed by atoms with E-state index in [1.165, 1.54) is 12.8 Å². The summed E-state index contributed by atoms with van der Waals surface area (Å²) in [5.74, 6) is 3.70. The van der Waals surface area contributed by atoms with E-state index in [2.05, 4.69) is 26.8 Å². The molecule has 4 fully saturated rings. The SMILES string of the molecule is C#Cc1ccc(N2CC3CCC2CN3C2COC2)nc1. The lowest BCUT2D eigenvalue weighted by Crippen LogP contribution is -2.68. The van der Waals surface area contributed by atoms with E-state index in [-0.39, 0.29) is 0 Å². The number of ether oxygens (including phenoxy) is 1. The van der Waals surface area contributed by atoms with Gasteiger partial charge in [-0.05, 0) is 25.0 Å². The monoisotopic (exact) mass is 269 g/mol. The molecule has 104 valence electrons. The zero-order valence-electron chi connectivity index (χ0n) is 11.5. The van der Waals surface area contributed by atoms with Gasteiger partial charge in [0, 0.05) is 36.9 Å². The molecule has 0 saturated carbocycles. The molecule has 1 aromatic rings. The summed E-state index contributed by atoms with van der Waals surface area (Å²) < 4.78 is 5.35. The number of piperidine rings is 2. The molecule has 2 unspecified atom stereocenters. The molecule has 20 heavy (non-hydrogen) atoms. The van der Waals surface area contributed by atoms with E-state index in [0.29, 0.717) is 18.1 Å². The van der Waals surface area contributed by atoms with Gasteiger partial charge >= 0.3 is 0 Å². The third-order valence-electron chi connectivity index (χ3n) is 4.87. The lowest BCUT2D eigenvalue weighted by Gasteiger charge is -2.55. The van der Waals surface area contributed by atoms with Crippen LogP contribution in [-0.4, -0.2) is 54.3 Å². The van der Waals surface area contributed by atoms with Crippen molar-refractivity contribution < 1.29 is 4.74 Å². The van der Waals surface area contributed by atoms with Crippen LogP contribution in [0.15, 0.2) is 18.3 Å². The maximum Gasteiger partial charge on any atom is 0.128 e. The van der Waals surface area contributed by atoms with Crippen LogP contribution in [0, 0.1) is 12.3 Å². The first kappa shape index (κ1) is 12.2. The van der Waals surface area contributed by atoms with E-state index in [1.807, 2.05) is 6.07 Å². The van der Waals surface area contributed by atoms with Gasteiger partial charge in [-0.1, -0.05) is 5.92 Å². The Kier molecular flexibility index (Phi) is 2.90. The van der Waals surface area contributed by atoms with Crippen molar-refractivity contribution in [1.82, 2.24) is 9.88 Å². The summed E-state index contributed by atoms with van der Waals surface area (Å²) in [6.07, 6.45) is 9.77. The molecule has 1 aromatic heterocycles. The highest BCUT2D eigenvalue weighted by Crippen LogP contribution is 2.34. The first-order valence-electron chi connectivity index (χ1n) is 7.38. The summed E-state index contributed by atoms with van der Waals surface area (Å²) >= 11 is 0. The highest BCUT2D eigenvalue weighted by molar-refractivity contribution is 5.45. The Labute approximate surface area is 119 Å². The van der Waals surface area contributed by atoms with Crippen molar-refractivity contribution in [3.05, 3.63) is 23.9 Å². The third kappa shape index (κ3) is 1.90. The number of hydrogen-bond acceptors (Lipinski definition) is 4. The second-order valence-electron chi connectivity index (χ2n) is 5.97. The molecule has 2 bridgehead atoms. The summed E-state index contributed by atoms with van der Waals surface area (Å²) in [4.78, 5) is 9.66.